The Bertz CT molecular complexity index is 5270. The molecule has 16 rings (SSSR count). The number of rotatable bonds is 10. The van der Waals surface area contributed by atoms with Crippen LogP contribution in [0.3, 0.4) is 0 Å². The van der Waals surface area contributed by atoms with Crippen molar-refractivity contribution in [3.05, 3.63) is 149 Å². The van der Waals surface area contributed by atoms with E-state index in [4.69, 9.17) is 18.9 Å². The predicted molar refractivity (Wildman–Crippen MR) is 564 cm³/mol. The van der Waals surface area contributed by atoms with E-state index in [0.29, 0.717) is 83.1 Å². The Morgan fingerprint density at radius 2 is 0.574 bits per heavy atom. The van der Waals surface area contributed by atoms with Crippen LogP contribution in [0.1, 0.15) is 237 Å². The molecule has 0 bridgehead atoms. The van der Waals surface area contributed by atoms with Gasteiger partial charge in [0.15, 0.2) is 11.6 Å². The summed E-state index contributed by atoms with van der Waals surface area (Å²) < 4.78 is 39.0. The van der Waals surface area contributed by atoms with Gasteiger partial charge in [0.25, 0.3) is 0 Å². The van der Waals surface area contributed by atoms with Gasteiger partial charge in [-0.05, 0) is 296 Å². The van der Waals surface area contributed by atoms with Gasteiger partial charge in [-0.15, -0.1) is 0 Å². The highest BCUT2D eigenvalue weighted by molar-refractivity contribution is 5.97. The fraction of sp³-hybridized carbons (Fsp3) is 0.632. The molecule has 34 heteroatoms. The number of ether oxygens (including phenoxy) is 4. The molecule has 16 atom stereocenters. The fourth-order valence-electron chi connectivity index (χ4n) is 20.6. The molecule has 4 aliphatic heterocycles. The summed E-state index contributed by atoms with van der Waals surface area (Å²) >= 11 is 0. The van der Waals surface area contributed by atoms with Gasteiger partial charge >= 0.3 is 0 Å². The first-order valence-corrected chi connectivity index (χ1v) is 54.9. The number of benzene rings is 5. The number of nitrogens with one attached hydrogen (secondary N) is 12. The summed E-state index contributed by atoms with van der Waals surface area (Å²) in [6, 6.07) is 28.6. The van der Waals surface area contributed by atoms with E-state index in [-0.39, 0.29) is 144 Å². The molecule has 7 fully saturated rings. The van der Waals surface area contributed by atoms with Gasteiger partial charge in [-0.3, -0.25) is 57.5 Å². The number of halogens is 1. The van der Waals surface area contributed by atoms with Crippen LogP contribution < -0.4 is 82.7 Å². The van der Waals surface area contributed by atoms with Gasteiger partial charge in [0.05, 0.1) is 24.2 Å². The number of amides is 12. The maximum absolute atomic E-state index is 14.0. The zero-order chi connectivity index (χ0) is 106. The molecule has 148 heavy (non-hydrogen) atoms. The molecule has 5 aromatic rings. The topological polar surface area (TPSA) is 419 Å². The molecule has 0 radical (unpaired) electrons. The SMILES string of the molecule is C[C@@H]1CN[C@@H](C2CC2)C(=O)N(C)[C@H](C)C(=O)N[C@H](C2CC2)C(=O)NCCCc2ccccc2O1.C[C@@H]1CN[C@@H](C2CC2)C(=O)N(C)[C@H](C)C(=O)N[C@H](C2CCCCC2)C(=O)NCCCc2ccccc2O1.C[C@@H]1CN[C@@H](C2CC2)C(=O)N(C)[C@H](C)C(=O)N[C@H](CC2CCCC2)C(=O)NCCCc2ccccc2O1.C[C@@H]1CN[C@@H](C2CC2)C(=O)N(C)[C@H](C)C(=O)N[C@H](Cc2ccc(O)c(F)c2)C(=O)NCCCc2ccccc2O1. The maximum Gasteiger partial charge on any atom is 0.243 e. The molecule has 4 heterocycles. The first-order chi connectivity index (χ1) is 71.2. The summed E-state index contributed by atoms with van der Waals surface area (Å²) in [5, 5.41) is 46.9. The van der Waals surface area contributed by atoms with Crippen LogP contribution in [0.4, 0.5) is 4.39 Å². The highest BCUT2D eigenvalue weighted by Crippen LogP contribution is 2.40. The summed E-state index contributed by atoms with van der Waals surface area (Å²) in [6.45, 7) is 18.8. The van der Waals surface area contributed by atoms with Crippen molar-refractivity contribution in [2.24, 2.45) is 41.4 Å². The van der Waals surface area contributed by atoms with Gasteiger partial charge in [0, 0.05) is 87.0 Å². The first-order valence-electron chi connectivity index (χ1n) is 54.9. The summed E-state index contributed by atoms with van der Waals surface area (Å²) in [6.07, 6.45) is 25.5. The third kappa shape index (κ3) is 33.5. The van der Waals surface area contributed by atoms with E-state index in [9.17, 15) is 67.0 Å². The van der Waals surface area contributed by atoms with Crippen LogP contribution in [0.15, 0.2) is 115 Å². The lowest BCUT2D eigenvalue weighted by molar-refractivity contribution is -0.141. The number of phenols is 1. The molecule has 7 saturated carbocycles. The zero-order valence-corrected chi connectivity index (χ0v) is 89.1. The van der Waals surface area contributed by atoms with E-state index >= 15 is 0 Å². The van der Waals surface area contributed by atoms with E-state index < -0.39 is 77.8 Å². The van der Waals surface area contributed by atoms with Crippen LogP contribution in [0.2, 0.25) is 0 Å². The summed E-state index contributed by atoms with van der Waals surface area (Å²) in [5.74, 6) is 1.12. The third-order valence-corrected chi connectivity index (χ3v) is 31.2. The Morgan fingerprint density at radius 3 is 0.885 bits per heavy atom. The van der Waals surface area contributed by atoms with E-state index in [2.05, 4.69) is 82.0 Å². The normalized spacial score (nSPS) is 28.7. The van der Waals surface area contributed by atoms with E-state index in [1.54, 1.807) is 55.9 Å². The largest absolute Gasteiger partial charge is 0.505 e. The molecule has 0 saturated heterocycles. The molecule has 13 N–H and O–H groups in total. The number of fused-ring (bicyclic) bond motifs is 4. The molecule has 33 nitrogen and oxygen atoms in total. The highest BCUT2D eigenvalue weighted by Gasteiger charge is 2.47. The van der Waals surface area contributed by atoms with Crippen molar-refractivity contribution >= 4 is 70.9 Å². The highest BCUT2D eigenvalue weighted by atomic mass is 19.1. The molecule has 0 aromatic heterocycles. The molecule has 7 aliphatic carbocycles. The van der Waals surface area contributed by atoms with Gasteiger partial charge in [-0.25, -0.2) is 4.39 Å². The second-order valence-corrected chi connectivity index (χ2v) is 43.3. The lowest BCUT2D eigenvalue weighted by Crippen LogP contribution is -2.58. The Kier molecular flexibility index (Phi) is 42.5. The van der Waals surface area contributed by atoms with Crippen LogP contribution in [-0.2, 0) is 89.6 Å². The van der Waals surface area contributed by atoms with E-state index in [1.165, 1.54) is 51.0 Å². The number of carbonyl (C=O) groups excluding carboxylic acids is 12. The van der Waals surface area contributed by atoms with Crippen molar-refractivity contribution in [3.63, 3.8) is 0 Å². The number of para-hydroxylation sites is 4. The van der Waals surface area contributed by atoms with Crippen molar-refractivity contribution < 1.29 is 86.0 Å². The number of nitrogens with zero attached hydrogens (tertiary/aromatic N) is 4. The van der Waals surface area contributed by atoms with Crippen LogP contribution in [0.5, 0.6) is 28.7 Å². The van der Waals surface area contributed by atoms with Gasteiger partial charge < -0.3 is 107 Å². The summed E-state index contributed by atoms with van der Waals surface area (Å²) in [7, 11) is 6.63. The van der Waals surface area contributed by atoms with Gasteiger partial charge in [-0.1, -0.05) is 124 Å². The second-order valence-electron chi connectivity index (χ2n) is 43.3. The Hall–Kier alpha value is -11.5. The Morgan fingerprint density at radius 1 is 0.304 bits per heavy atom. The molecule has 0 unspecified atom stereocenters. The van der Waals surface area contributed by atoms with Crippen LogP contribution in [-0.4, -0.2) is 273 Å². The van der Waals surface area contributed by atoms with Crippen molar-refractivity contribution in [2.45, 2.75) is 339 Å². The van der Waals surface area contributed by atoms with Crippen molar-refractivity contribution in [2.75, 3.05) is 80.5 Å². The monoisotopic (exact) mass is 2050 g/mol. The fourth-order valence-corrected chi connectivity index (χ4v) is 20.6. The smallest absolute Gasteiger partial charge is 0.243 e. The van der Waals surface area contributed by atoms with Crippen molar-refractivity contribution in [3.8, 4) is 28.7 Å². The van der Waals surface area contributed by atoms with E-state index in [1.807, 2.05) is 107 Å². The van der Waals surface area contributed by atoms with Crippen LogP contribution >= 0.6 is 0 Å². The zero-order valence-electron chi connectivity index (χ0n) is 89.1. The number of carbonyl (C=O) groups is 12. The molecular weight excluding hydrogens is 1880 g/mol. The number of aromatic hydroxyl groups is 1. The average molecular weight is 2050 g/mol. The minimum atomic E-state index is -1.00. The minimum Gasteiger partial charge on any atom is -0.505 e. The lowest BCUT2D eigenvalue weighted by Gasteiger charge is -2.33. The number of aryl methyl sites for hydroxylation is 4. The molecule has 0 spiro atoms. The average Bonchev–Trinajstić information content (AvgIpc) is 1.64. The number of likely N-dealkylation sites (N-methyl/N-ethyl adjacent to an activating group) is 4. The standard InChI is InChI=1S/C30H39FN4O5.2C29H44N4O4.C26H38N4O4/c1-18-17-33-27(22-11-12-22)30(39)35(3)19(2)28(37)34-24(16-20-10-13-25(36)23(31)15-20)29(38)32-14-6-8-21-7-4-5-9-26(21)40-18;1-19-18-31-26(23-14-15-23)29(36)33(3)20(2)27(34)32-24(17-21-9-4-5-10-21)28(35)30-16-8-12-22-11-6-7-13-25(22)37-19;1-19-18-31-26(23-15-16-23)29(36)33(3)20(2)27(34)32-25(22-11-5-4-6-12-22)28(35)30-17-9-13-21-10-7-8-14-24(21)37-19;1-16-15-28-23(20-12-13-20)26(33)30(3)17(2)24(31)29-22(19-10-11-19)25(32)27-14-6-8-18-7-4-5-9-21(18)34-16/h4-5,7,9-10,13,15,18-19,22,24,27,33,36H,6,8,11-12,14,16-17H2,1-3H3,(H,32,38)(H,34,37);6-7,11,13,19-21,23-24,26,31H,4-5,8-10,12,14-18H2,1-3H3,(H,30,35)(H,32,34);7-8,10,14,19-20,22-23,25-26,31H,4-6,9,11-13,15-18H2,1-3H3,(H,30,35)(H,32,34);4-5,7,9,16-17,19-20,22-23,28H,6,8,10-15H2,1-3H3,(H,27,32)(H,29,31)/t18-,19-,24-,27+;19-,20-,24-,26+;19-,20-,25-,26+;16-,17-,22-,23+/m1111/s1. The molecule has 810 valence electrons. The molecule has 11 aliphatic rings. The predicted octanol–water partition coefficient (Wildman–Crippen LogP) is 9.52. The Labute approximate surface area is 873 Å². The van der Waals surface area contributed by atoms with Gasteiger partial charge in [0.1, 0.15) is 95.7 Å². The van der Waals surface area contributed by atoms with Gasteiger partial charge in [0.2, 0.25) is 70.9 Å². The second kappa shape index (κ2) is 55.3. The van der Waals surface area contributed by atoms with Gasteiger partial charge in [-0.2, -0.15) is 0 Å². The van der Waals surface area contributed by atoms with E-state index in [0.717, 1.165) is 193 Å². The quantitative estimate of drug-likeness (QED) is 0.0618. The Balaban J connectivity index is 0.000000165. The third-order valence-electron chi connectivity index (χ3n) is 31.2. The molecule has 5 aromatic carbocycles. The summed E-state index contributed by atoms with van der Waals surface area (Å²) in [4.78, 5) is 165. The number of phenolic OH excluding ortho intramolecular Hbond substituents is 1. The van der Waals surface area contributed by atoms with Crippen molar-refractivity contribution in [1.82, 2.24) is 83.4 Å². The minimum absolute atomic E-state index is 0.0139. The summed E-state index contributed by atoms with van der Waals surface area (Å²) in [5.41, 5.74) is 4.75. The van der Waals surface area contributed by atoms with Crippen LogP contribution in [0.25, 0.3) is 0 Å². The number of hydrogen-bond acceptors (Lipinski definition) is 21. The molecule has 12 amide bonds. The number of hydrogen-bond donors (Lipinski definition) is 13. The van der Waals surface area contributed by atoms with Crippen molar-refractivity contribution in [1.29, 1.82) is 0 Å². The lowest BCUT2D eigenvalue weighted by atomic mass is 9.83. The maximum atomic E-state index is 14.0. The van der Waals surface area contributed by atoms with Crippen LogP contribution in [0, 0.1) is 47.2 Å². The molecular formula is C114H165FN16O17. The first kappa shape index (κ1) is 114.